The van der Waals surface area contributed by atoms with Crippen molar-refractivity contribution in [2.75, 3.05) is 40.5 Å². The minimum absolute atomic E-state index is 0.0998. The Hall–Kier alpha value is -2.45. The first-order chi connectivity index (χ1) is 12.1. The van der Waals surface area contributed by atoms with Gasteiger partial charge in [0, 0.05) is 26.3 Å². The average Bonchev–Trinajstić information content (AvgIpc) is 3.09. The Morgan fingerprint density at radius 2 is 2.32 bits per heavy atom. The molecule has 0 spiro atoms. The van der Waals surface area contributed by atoms with Gasteiger partial charge in [0.05, 0.1) is 43.5 Å². The number of H-pyrrole nitrogens is 1. The van der Waals surface area contributed by atoms with E-state index in [4.69, 9.17) is 9.47 Å². The van der Waals surface area contributed by atoms with E-state index in [0.717, 1.165) is 11.0 Å². The zero-order valence-corrected chi connectivity index (χ0v) is 14.4. The fraction of sp³-hybridized carbons (Fsp3) is 0.471. The molecule has 1 aromatic carbocycles. The fourth-order valence-corrected chi connectivity index (χ4v) is 3.16. The predicted octanol–water partition coefficient (Wildman–Crippen LogP) is 0.557. The largest absolute Gasteiger partial charge is 0.382 e. The van der Waals surface area contributed by atoms with E-state index in [0.29, 0.717) is 25.3 Å². The van der Waals surface area contributed by atoms with E-state index in [1.54, 1.807) is 37.5 Å². The van der Waals surface area contributed by atoms with Crippen molar-refractivity contribution in [3.8, 4) is 0 Å². The van der Waals surface area contributed by atoms with Crippen LogP contribution in [0.1, 0.15) is 16.8 Å². The highest BCUT2D eigenvalue weighted by Gasteiger charge is 2.40. The van der Waals surface area contributed by atoms with Gasteiger partial charge in [0.15, 0.2) is 0 Å². The molecule has 1 aliphatic rings. The first-order valence-corrected chi connectivity index (χ1v) is 8.13. The van der Waals surface area contributed by atoms with Crippen molar-refractivity contribution in [3.05, 3.63) is 30.1 Å². The maximum atomic E-state index is 12.9. The van der Waals surface area contributed by atoms with E-state index in [-0.39, 0.29) is 24.8 Å². The summed E-state index contributed by atoms with van der Waals surface area (Å²) in [7, 11) is 3.14. The number of carbonyl (C=O) groups excluding carboxylic acids is 2. The van der Waals surface area contributed by atoms with Gasteiger partial charge in [-0.2, -0.15) is 0 Å². The monoisotopic (exact) mass is 346 g/mol. The minimum Gasteiger partial charge on any atom is -0.382 e. The van der Waals surface area contributed by atoms with Crippen LogP contribution < -0.4 is 5.32 Å². The number of imidazole rings is 1. The van der Waals surface area contributed by atoms with Crippen molar-refractivity contribution in [2.24, 2.45) is 0 Å². The van der Waals surface area contributed by atoms with Gasteiger partial charge in [-0.25, -0.2) is 4.98 Å². The Balaban J connectivity index is 1.80. The second-order valence-electron chi connectivity index (χ2n) is 6.18. The maximum absolute atomic E-state index is 12.9. The summed E-state index contributed by atoms with van der Waals surface area (Å²) >= 11 is 0. The van der Waals surface area contributed by atoms with E-state index in [9.17, 15) is 9.59 Å². The lowest BCUT2D eigenvalue weighted by atomic mass is 9.96. The zero-order valence-electron chi connectivity index (χ0n) is 14.4. The summed E-state index contributed by atoms with van der Waals surface area (Å²) in [5, 5.41) is 2.60. The standard InChI is InChI=1S/C17H22N4O4/c1-18-15(22)8-17(10-24-2)9-21(5-6-25-17)16(23)12-3-4-13-14(7-12)20-11-19-13/h3-4,7,11H,5-6,8-10H2,1-2H3,(H,18,22)(H,19,20)/t17-/m1/s1. The summed E-state index contributed by atoms with van der Waals surface area (Å²) in [6, 6.07) is 5.36. The molecule has 134 valence electrons. The van der Waals surface area contributed by atoms with Crippen LogP contribution in [0.4, 0.5) is 0 Å². The molecule has 0 radical (unpaired) electrons. The molecule has 3 rings (SSSR count). The van der Waals surface area contributed by atoms with Gasteiger partial charge in [-0.1, -0.05) is 0 Å². The number of nitrogens with one attached hydrogen (secondary N) is 2. The third-order valence-corrected chi connectivity index (χ3v) is 4.37. The first-order valence-electron chi connectivity index (χ1n) is 8.13. The molecule has 0 aliphatic carbocycles. The van der Waals surface area contributed by atoms with Crippen molar-refractivity contribution in [1.29, 1.82) is 0 Å². The molecular formula is C17H22N4O4. The van der Waals surface area contributed by atoms with Crippen LogP contribution in [0, 0.1) is 0 Å². The van der Waals surface area contributed by atoms with E-state index >= 15 is 0 Å². The summed E-state index contributed by atoms with van der Waals surface area (Å²) < 4.78 is 11.1. The molecule has 25 heavy (non-hydrogen) atoms. The van der Waals surface area contributed by atoms with Gasteiger partial charge >= 0.3 is 0 Å². The third-order valence-electron chi connectivity index (χ3n) is 4.37. The molecule has 0 unspecified atom stereocenters. The lowest BCUT2D eigenvalue weighted by Crippen LogP contribution is -2.57. The second-order valence-corrected chi connectivity index (χ2v) is 6.18. The Morgan fingerprint density at radius 1 is 1.48 bits per heavy atom. The second kappa shape index (κ2) is 7.20. The number of aromatic nitrogens is 2. The van der Waals surface area contributed by atoms with Gasteiger partial charge in [-0.15, -0.1) is 0 Å². The number of fused-ring (bicyclic) bond motifs is 1. The molecule has 0 saturated carbocycles. The summed E-state index contributed by atoms with van der Waals surface area (Å²) in [6.07, 6.45) is 1.74. The molecule has 1 aromatic heterocycles. The summed E-state index contributed by atoms with van der Waals surface area (Å²) in [5.41, 5.74) is 1.37. The normalized spacial score (nSPS) is 20.6. The Kier molecular flexibility index (Phi) is 5.00. The molecule has 8 heteroatoms. The van der Waals surface area contributed by atoms with Crippen molar-refractivity contribution in [3.63, 3.8) is 0 Å². The summed E-state index contributed by atoms with van der Waals surface area (Å²) in [5.74, 6) is -0.248. The van der Waals surface area contributed by atoms with Crippen LogP contribution >= 0.6 is 0 Å². The number of hydrogen-bond donors (Lipinski definition) is 2. The molecule has 2 heterocycles. The highest BCUT2D eigenvalue weighted by Crippen LogP contribution is 2.24. The van der Waals surface area contributed by atoms with E-state index in [1.807, 2.05) is 6.07 Å². The first kappa shape index (κ1) is 17.4. The molecular weight excluding hydrogens is 324 g/mol. The molecule has 2 amide bonds. The predicted molar refractivity (Wildman–Crippen MR) is 91.2 cm³/mol. The molecule has 2 aromatic rings. The Labute approximate surface area is 145 Å². The van der Waals surface area contributed by atoms with Crippen molar-refractivity contribution in [1.82, 2.24) is 20.2 Å². The smallest absolute Gasteiger partial charge is 0.254 e. The lowest BCUT2D eigenvalue weighted by Gasteiger charge is -2.42. The molecule has 1 fully saturated rings. The molecule has 1 aliphatic heterocycles. The van der Waals surface area contributed by atoms with Gasteiger partial charge in [0.25, 0.3) is 5.91 Å². The van der Waals surface area contributed by atoms with Crippen molar-refractivity contribution >= 4 is 22.8 Å². The quantitative estimate of drug-likeness (QED) is 0.824. The Bertz CT molecular complexity index is 771. The highest BCUT2D eigenvalue weighted by atomic mass is 16.5. The van der Waals surface area contributed by atoms with Crippen LogP contribution in [0.3, 0.4) is 0 Å². The molecule has 0 bridgehead atoms. The topological polar surface area (TPSA) is 96.5 Å². The Morgan fingerprint density at radius 3 is 3.08 bits per heavy atom. The summed E-state index contributed by atoms with van der Waals surface area (Å²) in [6.45, 7) is 1.37. The number of hydrogen-bond acceptors (Lipinski definition) is 5. The van der Waals surface area contributed by atoms with Gasteiger partial charge in [-0.05, 0) is 18.2 Å². The number of ether oxygens (including phenoxy) is 2. The van der Waals surface area contributed by atoms with Gasteiger partial charge in [0.2, 0.25) is 5.91 Å². The number of amides is 2. The summed E-state index contributed by atoms with van der Waals surface area (Å²) in [4.78, 5) is 33.6. The number of rotatable bonds is 5. The molecule has 1 saturated heterocycles. The van der Waals surface area contributed by atoms with Crippen molar-refractivity contribution < 1.29 is 19.1 Å². The minimum atomic E-state index is -0.832. The van der Waals surface area contributed by atoms with E-state index < -0.39 is 5.60 Å². The van der Waals surface area contributed by atoms with Crippen LogP contribution in [0.15, 0.2) is 24.5 Å². The van der Waals surface area contributed by atoms with E-state index in [1.165, 1.54) is 0 Å². The van der Waals surface area contributed by atoms with Crippen LogP contribution in [0.5, 0.6) is 0 Å². The third kappa shape index (κ3) is 3.64. The van der Waals surface area contributed by atoms with Crippen LogP contribution in [0.25, 0.3) is 11.0 Å². The number of carbonyl (C=O) groups is 2. The van der Waals surface area contributed by atoms with Gasteiger partial charge in [0.1, 0.15) is 5.60 Å². The van der Waals surface area contributed by atoms with Crippen LogP contribution in [-0.2, 0) is 14.3 Å². The molecule has 2 N–H and O–H groups in total. The number of aromatic amines is 1. The SMILES string of the molecule is CNC(=O)C[C@]1(COC)CN(C(=O)c2ccc3nc[nH]c3c2)CCO1. The van der Waals surface area contributed by atoms with Gasteiger partial charge < -0.3 is 24.7 Å². The number of benzene rings is 1. The van der Waals surface area contributed by atoms with Crippen LogP contribution in [-0.4, -0.2) is 72.7 Å². The molecule has 1 atom stereocenters. The van der Waals surface area contributed by atoms with E-state index in [2.05, 4.69) is 15.3 Å². The maximum Gasteiger partial charge on any atom is 0.254 e. The fourth-order valence-electron chi connectivity index (χ4n) is 3.16. The number of methoxy groups -OCH3 is 1. The zero-order chi connectivity index (χ0) is 17.9. The lowest BCUT2D eigenvalue weighted by molar-refractivity contribution is -0.150. The average molecular weight is 346 g/mol. The highest BCUT2D eigenvalue weighted by molar-refractivity contribution is 5.97. The van der Waals surface area contributed by atoms with Crippen LogP contribution in [0.2, 0.25) is 0 Å². The number of nitrogens with zero attached hydrogens (tertiary/aromatic N) is 2. The van der Waals surface area contributed by atoms with Crippen molar-refractivity contribution in [2.45, 2.75) is 12.0 Å². The molecule has 8 nitrogen and oxygen atoms in total. The number of morpholine rings is 1. The van der Waals surface area contributed by atoms with Gasteiger partial charge in [-0.3, -0.25) is 9.59 Å².